The van der Waals surface area contributed by atoms with E-state index >= 15 is 0 Å². The molecule has 2 atom stereocenters. The molecule has 0 aromatic heterocycles. The van der Waals surface area contributed by atoms with E-state index in [1.807, 2.05) is 0 Å². The van der Waals surface area contributed by atoms with E-state index in [0.717, 1.165) is 6.07 Å². The van der Waals surface area contributed by atoms with Crippen LogP contribution in [0.2, 0.25) is 0 Å². The highest BCUT2D eigenvalue weighted by molar-refractivity contribution is 5.96. The summed E-state index contributed by atoms with van der Waals surface area (Å²) >= 11 is 0. The Hall–Kier alpha value is -1.79. The predicted molar refractivity (Wildman–Crippen MR) is 55.6 cm³/mol. The van der Waals surface area contributed by atoms with Crippen LogP contribution in [0.25, 0.3) is 0 Å². The van der Waals surface area contributed by atoms with Gasteiger partial charge in [-0.05, 0) is 6.07 Å². The lowest BCUT2D eigenvalue weighted by Crippen LogP contribution is -2.44. The van der Waals surface area contributed by atoms with E-state index in [-0.39, 0.29) is 16.9 Å². The lowest BCUT2D eigenvalue weighted by molar-refractivity contribution is -0.237. The van der Waals surface area contributed by atoms with Gasteiger partial charge >= 0.3 is 5.97 Å². The molecule has 6 nitrogen and oxygen atoms in total. The van der Waals surface area contributed by atoms with Gasteiger partial charge in [-0.3, -0.25) is 0 Å². The summed E-state index contributed by atoms with van der Waals surface area (Å²) in [5, 5.41) is 28.9. The summed E-state index contributed by atoms with van der Waals surface area (Å²) in [6.45, 7) is 1.39. The average Bonchev–Trinajstić information content (AvgIpc) is 2.24. The van der Waals surface area contributed by atoms with Crippen LogP contribution in [0.15, 0.2) is 12.1 Å². The molecule has 0 radical (unpaired) electrons. The topological polar surface area (TPSA) is 96.2 Å². The fourth-order valence-electron chi connectivity index (χ4n) is 1.80. The molecule has 0 fully saturated rings. The molecule has 0 spiro atoms. The van der Waals surface area contributed by atoms with Crippen LogP contribution < -0.4 is 0 Å². The molecule has 6 heteroatoms. The van der Waals surface area contributed by atoms with Gasteiger partial charge in [0, 0.05) is 25.7 Å². The second-order valence-electron chi connectivity index (χ2n) is 3.94. The molecule has 3 N–H and O–H groups in total. The Balaban J connectivity index is 2.65. The lowest BCUT2D eigenvalue weighted by atomic mass is 9.93. The van der Waals surface area contributed by atoms with E-state index < -0.39 is 23.6 Å². The quantitative estimate of drug-likeness (QED) is 0.624. The van der Waals surface area contributed by atoms with E-state index in [0.29, 0.717) is 0 Å². The number of hydrogen-bond acceptors (Lipinski definition) is 6. The van der Waals surface area contributed by atoms with Crippen LogP contribution in [0, 0.1) is 0 Å². The van der Waals surface area contributed by atoms with Crippen molar-refractivity contribution in [3.8, 4) is 11.5 Å². The van der Waals surface area contributed by atoms with Crippen LogP contribution in [0.4, 0.5) is 0 Å². The Morgan fingerprint density at radius 1 is 1.41 bits per heavy atom. The van der Waals surface area contributed by atoms with Gasteiger partial charge in [-0.25, -0.2) is 4.79 Å². The zero-order valence-corrected chi connectivity index (χ0v) is 9.30. The van der Waals surface area contributed by atoms with Gasteiger partial charge in [0.1, 0.15) is 23.2 Å². The molecule has 0 aliphatic carbocycles. The molecular weight excluding hydrogens is 228 g/mol. The first-order valence-corrected chi connectivity index (χ1v) is 4.91. The van der Waals surface area contributed by atoms with Gasteiger partial charge in [0.2, 0.25) is 5.79 Å². The number of methoxy groups -OCH3 is 1. The maximum Gasteiger partial charge on any atom is 0.344 e. The fourth-order valence-corrected chi connectivity index (χ4v) is 1.80. The lowest BCUT2D eigenvalue weighted by Gasteiger charge is -2.37. The Bertz CT molecular complexity index is 483. The van der Waals surface area contributed by atoms with Gasteiger partial charge in [-0.2, -0.15) is 0 Å². The zero-order valence-electron chi connectivity index (χ0n) is 9.30. The van der Waals surface area contributed by atoms with Gasteiger partial charge in [-0.1, -0.05) is 0 Å². The highest BCUT2D eigenvalue weighted by atomic mass is 16.7. The van der Waals surface area contributed by atoms with E-state index in [1.165, 1.54) is 20.1 Å². The van der Waals surface area contributed by atoms with Gasteiger partial charge in [0.25, 0.3) is 0 Å². The Kier molecular flexibility index (Phi) is 2.48. The summed E-state index contributed by atoms with van der Waals surface area (Å²) in [5.74, 6) is -3.05. The molecule has 1 aliphatic rings. The minimum absolute atomic E-state index is 0.0723. The minimum Gasteiger partial charge on any atom is -0.508 e. The summed E-state index contributed by atoms with van der Waals surface area (Å²) in [6, 6.07) is 2.19. The molecule has 0 unspecified atom stereocenters. The van der Waals surface area contributed by atoms with Crippen LogP contribution in [-0.4, -0.2) is 34.2 Å². The van der Waals surface area contributed by atoms with Crippen LogP contribution in [0.5, 0.6) is 11.5 Å². The number of aliphatic hydroxyl groups is 1. The van der Waals surface area contributed by atoms with Gasteiger partial charge in [-0.15, -0.1) is 0 Å². The second-order valence-corrected chi connectivity index (χ2v) is 3.94. The molecule has 0 amide bonds. The average molecular weight is 240 g/mol. The van der Waals surface area contributed by atoms with Crippen molar-refractivity contribution in [2.45, 2.75) is 18.8 Å². The minimum atomic E-state index is -1.54. The van der Waals surface area contributed by atoms with E-state index in [9.17, 15) is 20.1 Å². The predicted octanol–water partition coefficient (Wildman–Crippen LogP) is 0.664. The first-order chi connectivity index (χ1) is 7.89. The Morgan fingerprint density at radius 3 is 2.65 bits per heavy atom. The third kappa shape index (κ3) is 1.62. The highest BCUT2D eigenvalue weighted by Gasteiger charge is 2.46. The number of cyclic esters (lactones) is 1. The van der Waals surface area contributed by atoms with Crippen molar-refractivity contribution in [2.75, 3.05) is 7.11 Å². The molecule has 1 aromatic carbocycles. The summed E-state index contributed by atoms with van der Waals surface area (Å²) in [4.78, 5) is 11.7. The molecule has 17 heavy (non-hydrogen) atoms. The number of phenols is 2. The third-order valence-electron chi connectivity index (χ3n) is 2.83. The van der Waals surface area contributed by atoms with Crippen molar-refractivity contribution >= 4 is 5.97 Å². The maximum atomic E-state index is 11.7. The van der Waals surface area contributed by atoms with E-state index in [1.54, 1.807) is 0 Å². The number of phenolic OH excluding ortho intramolecular Hbond substituents is 2. The maximum absolute atomic E-state index is 11.7. The van der Waals surface area contributed by atoms with Crippen LogP contribution in [-0.2, 0) is 9.47 Å². The SMILES string of the molecule is CO[C@]1(C)OC(=O)c2c(O)cc(O)cc2[C@@H]1O. The molecule has 2 rings (SSSR count). The van der Waals surface area contributed by atoms with Crippen molar-refractivity contribution in [3.05, 3.63) is 23.3 Å². The normalized spacial score (nSPS) is 27.5. The number of carbonyl (C=O) groups is 1. The Labute approximate surface area is 97.0 Å². The van der Waals surface area contributed by atoms with E-state index in [4.69, 9.17) is 9.47 Å². The number of hydrogen-bond donors (Lipinski definition) is 3. The second kappa shape index (κ2) is 3.61. The number of esters is 1. The molecule has 0 saturated carbocycles. The summed E-state index contributed by atoms with van der Waals surface area (Å²) < 4.78 is 9.87. The first-order valence-electron chi connectivity index (χ1n) is 4.91. The molecule has 1 aromatic rings. The monoisotopic (exact) mass is 240 g/mol. The van der Waals surface area contributed by atoms with Crippen LogP contribution in [0.1, 0.15) is 28.9 Å². The van der Waals surface area contributed by atoms with Crippen molar-refractivity contribution in [2.24, 2.45) is 0 Å². The number of aromatic hydroxyl groups is 2. The zero-order chi connectivity index (χ0) is 12.8. The number of benzene rings is 1. The number of rotatable bonds is 1. The summed E-state index contributed by atoms with van der Waals surface area (Å²) in [6.07, 6.45) is -1.29. The Morgan fingerprint density at radius 2 is 2.06 bits per heavy atom. The smallest absolute Gasteiger partial charge is 0.344 e. The summed E-state index contributed by atoms with van der Waals surface area (Å²) in [7, 11) is 1.28. The number of carbonyl (C=O) groups excluding carboxylic acids is 1. The molecule has 1 heterocycles. The highest BCUT2D eigenvalue weighted by Crippen LogP contribution is 2.42. The van der Waals surface area contributed by atoms with Gasteiger partial charge in [0.05, 0.1) is 0 Å². The van der Waals surface area contributed by atoms with Gasteiger partial charge in [0.15, 0.2) is 0 Å². The van der Waals surface area contributed by atoms with Crippen LogP contribution >= 0.6 is 0 Å². The third-order valence-corrected chi connectivity index (χ3v) is 2.83. The van der Waals surface area contributed by atoms with E-state index in [2.05, 4.69) is 0 Å². The fraction of sp³-hybridized carbons (Fsp3) is 0.364. The molecular formula is C11H12O6. The standard InChI is InChI=1S/C11H12O6/c1-11(16-2)9(14)6-3-5(12)4-7(13)8(6)10(15)17-11/h3-4,9,12-14H,1-2H3/t9-,11+/m0/s1. The van der Waals surface area contributed by atoms with Crippen molar-refractivity contribution in [1.82, 2.24) is 0 Å². The van der Waals surface area contributed by atoms with Gasteiger partial charge < -0.3 is 24.8 Å². The number of fused-ring (bicyclic) bond motifs is 1. The molecule has 1 aliphatic heterocycles. The molecule has 92 valence electrons. The molecule has 0 saturated heterocycles. The molecule has 0 bridgehead atoms. The van der Waals surface area contributed by atoms with Crippen LogP contribution in [0.3, 0.4) is 0 Å². The summed E-state index contributed by atoms with van der Waals surface area (Å²) in [5.41, 5.74) is -0.0899. The number of ether oxygens (including phenoxy) is 2. The number of aliphatic hydroxyl groups excluding tert-OH is 1. The van der Waals surface area contributed by atoms with Crippen molar-refractivity contribution < 1.29 is 29.6 Å². The first kappa shape index (κ1) is 11.7. The van der Waals surface area contributed by atoms with Crippen molar-refractivity contribution in [3.63, 3.8) is 0 Å². The largest absolute Gasteiger partial charge is 0.508 e. The van der Waals surface area contributed by atoms with Crippen molar-refractivity contribution in [1.29, 1.82) is 0 Å².